The predicted octanol–water partition coefficient (Wildman–Crippen LogP) is 1.79. The SMILES string of the molecule is CC(=O)N1CCN(CC#CC(C)(C)C)CC1.CC(C)C#CCN1CCN(C)CC1=O.CC(C)C#CCN1CCN(C)CC1=O.CC(C)C#CCN1CCN(S(C)(=O)=O)CC1=O. The molecule has 0 aromatic carbocycles. The molecule has 4 aliphatic rings. The van der Waals surface area contributed by atoms with Crippen LogP contribution < -0.4 is 0 Å². The quantitative estimate of drug-likeness (QED) is 0.381. The summed E-state index contributed by atoms with van der Waals surface area (Å²) in [7, 11) is 0.668. The first-order valence-electron chi connectivity index (χ1n) is 21.5. The second-order valence-electron chi connectivity index (χ2n) is 17.8. The van der Waals surface area contributed by atoms with E-state index in [1.807, 2.05) is 52.4 Å². The van der Waals surface area contributed by atoms with E-state index in [1.165, 1.54) is 4.31 Å². The number of rotatable bonds is 5. The molecule has 0 atom stereocenters. The maximum atomic E-state index is 11.7. The van der Waals surface area contributed by atoms with Crippen molar-refractivity contribution in [1.29, 1.82) is 0 Å². The zero-order valence-electron chi connectivity index (χ0n) is 39.7. The molecule has 15 heteroatoms. The Morgan fingerprint density at radius 1 is 0.574 bits per heavy atom. The van der Waals surface area contributed by atoms with Crippen LogP contribution in [-0.4, -0.2) is 202 Å². The van der Waals surface area contributed by atoms with E-state index >= 15 is 0 Å². The largest absolute Gasteiger partial charge is 0.340 e. The summed E-state index contributed by atoms with van der Waals surface area (Å²) in [6.07, 6.45) is 1.12. The molecule has 0 radical (unpaired) electrons. The van der Waals surface area contributed by atoms with Crippen LogP contribution in [0.1, 0.15) is 69.2 Å². The molecule has 4 aliphatic heterocycles. The Kier molecular flexibility index (Phi) is 25.0. The third-order valence-electron chi connectivity index (χ3n) is 9.34. The summed E-state index contributed by atoms with van der Waals surface area (Å²) in [5.74, 6) is 26.0. The fraction of sp³-hybridized carbons (Fsp3) is 0.739. The maximum Gasteiger partial charge on any atom is 0.238 e. The third kappa shape index (κ3) is 25.4. The highest BCUT2D eigenvalue weighted by atomic mass is 32.2. The Morgan fingerprint density at radius 3 is 1.26 bits per heavy atom. The molecule has 61 heavy (non-hydrogen) atoms. The standard InChI is InChI=1S/C13H22N2O.C11H18N2O3S.2C11H18N2O/c1-12(16)15-10-8-14(9-11-15)7-5-6-13(2,3)4;1-10(2)5-4-6-12-7-8-13(9-11(12)14)17(3,15)16;2*1-10(2)5-4-6-13-8-7-12(3)9-11(13)14/h7-11H2,1-4H3;10H,6-9H2,1-3H3;2*10H,6-9H2,1-3H3. The monoisotopic (exact) mass is 869 g/mol. The number of likely N-dealkylation sites (N-methyl/N-ethyl adjacent to an activating group) is 2. The van der Waals surface area contributed by atoms with Crippen molar-refractivity contribution in [2.75, 3.05) is 132 Å². The van der Waals surface area contributed by atoms with Crippen LogP contribution in [0.15, 0.2) is 0 Å². The van der Waals surface area contributed by atoms with Gasteiger partial charge in [0, 0.05) is 95.5 Å². The van der Waals surface area contributed by atoms with Crippen LogP contribution >= 0.6 is 0 Å². The second kappa shape index (κ2) is 27.8. The Bertz CT molecular complexity index is 1730. The minimum Gasteiger partial charge on any atom is -0.340 e. The van der Waals surface area contributed by atoms with Crippen molar-refractivity contribution in [3.63, 3.8) is 0 Å². The van der Waals surface area contributed by atoms with Crippen molar-refractivity contribution >= 4 is 33.7 Å². The molecule has 0 aromatic heterocycles. The number of hydrogen-bond donors (Lipinski definition) is 0. The van der Waals surface area contributed by atoms with Crippen LogP contribution in [0.3, 0.4) is 0 Å². The summed E-state index contributed by atoms with van der Waals surface area (Å²) in [5, 5.41) is 0. The van der Waals surface area contributed by atoms with Gasteiger partial charge in [0.05, 0.1) is 52.1 Å². The highest BCUT2D eigenvalue weighted by Crippen LogP contribution is 2.10. The van der Waals surface area contributed by atoms with E-state index in [0.717, 1.165) is 65.2 Å². The average Bonchev–Trinajstić information content (AvgIpc) is 3.14. The van der Waals surface area contributed by atoms with Gasteiger partial charge in [-0.3, -0.25) is 33.9 Å². The number of piperazine rings is 4. The molecule has 14 nitrogen and oxygen atoms in total. The number of carbonyl (C=O) groups is 4. The lowest BCUT2D eigenvalue weighted by Crippen LogP contribution is -2.51. The maximum absolute atomic E-state index is 11.7. The topological polar surface area (TPSA) is 128 Å². The summed E-state index contributed by atoms with van der Waals surface area (Å²) >= 11 is 0. The lowest BCUT2D eigenvalue weighted by molar-refractivity contribution is -0.135. The molecular weight excluding hydrogens is 793 g/mol. The summed E-state index contributed by atoms with van der Waals surface area (Å²) in [6.45, 7) is 31.4. The van der Waals surface area contributed by atoms with Gasteiger partial charge >= 0.3 is 0 Å². The van der Waals surface area contributed by atoms with Crippen molar-refractivity contribution in [3.8, 4) is 47.4 Å². The molecular formula is C46H76N8O6S. The Labute approximate surface area is 370 Å². The molecule has 4 rings (SSSR count). The molecule has 0 N–H and O–H groups in total. The molecule has 0 saturated carbocycles. The van der Waals surface area contributed by atoms with Gasteiger partial charge in [-0.1, -0.05) is 88.9 Å². The van der Waals surface area contributed by atoms with Crippen molar-refractivity contribution in [2.24, 2.45) is 23.2 Å². The first kappa shape index (κ1) is 54.9. The molecule has 0 aliphatic carbocycles. The van der Waals surface area contributed by atoms with Crippen molar-refractivity contribution in [1.82, 2.24) is 38.6 Å². The van der Waals surface area contributed by atoms with Gasteiger partial charge < -0.3 is 19.6 Å². The Balaban J connectivity index is 0.000000408. The fourth-order valence-corrected chi connectivity index (χ4v) is 6.56. The summed E-state index contributed by atoms with van der Waals surface area (Å²) in [4.78, 5) is 59.3. The molecule has 0 unspecified atom stereocenters. The van der Waals surface area contributed by atoms with Crippen LogP contribution in [-0.2, 0) is 29.2 Å². The van der Waals surface area contributed by atoms with Gasteiger partial charge in [0.2, 0.25) is 33.7 Å². The van der Waals surface area contributed by atoms with Gasteiger partial charge in [-0.25, -0.2) is 8.42 Å². The zero-order valence-corrected chi connectivity index (χ0v) is 40.5. The van der Waals surface area contributed by atoms with Crippen LogP contribution in [0.5, 0.6) is 0 Å². The van der Waals surface area contributed by atoms with Gasteiger partial charge in [0.15, 0.2) is 0 Å². The molecule has 0 spiro atoms. The molecule has 4 amide bonds. The van der Waals surface area contributed by atoms with Crippen LogP contribution in [0.25, 0.3) is 0 Å². The van der Waals surface area contributed by atoms with Crippen molar-refractivity contribution in [2.45, 2.75) is 69.2 Å². The fourth-order valence-electron chi connectivity index (χ4n) is 5.80. The van der Waals surface area contributed by atoms with Gasteiger partial charge in [0.25, 0.3) is 0 Å². The van der Waals surface area contributed by atoms with Gasteiger partial charge in [0.1, 0.15) is 0 Å². The molecule has 0 aromatic rings. The molecule has 4 heterocycles. The molecule has 4 saturated heterocycles. The minimum absolute atomic E-state index is 0.0673. The molecule has 0 bridgehead atoms. The van der Waals surface area contributed by atoms with E-state index in [1.54, 1.807) is 11.8 Å². The summed E-state index contributed by atoms with van der Waals surface area (Å²) in [6, 6.07) is 0. The molecule has 4 fully saturated rings. The first-order valence-corrected chi connectivity index (χ1v) is 23.3. The number of amides is 4. The smallest absolute Gasteiger partial charge is 0.238 e. The number of carbonyl (C=O) groups excluding carboxylic acids is 4. The first-order chi connectivity index (χ1) is 28.4. The van der Waals surface area contributed by atoms with Gasteiger partial charge in [-0.05, 0) is 34.9 Å². The van der Waals surface area contributed by atoms with Crippen molar-refractivity contribution in [3.05, 3.63) is 0 Å². The highest BCUT2D eigenvalue weighted by molar-refractivity contribution is 7.88. The van der Waals surface area contributed by atoms with Crippen molar-refractivity contribution < 1.29 is 27.6 Å². The van der Waals surface area contributed by atoms with Gasteiger partial charge in [-0.2, -0.15) is 4.31 Å². The second-order valence-corrected chi connectivity index (χ2v) is 19.8. The Hall–Kier alpha value is -4.09. The normalized spacial score (nSPS) is 18.1. The number of nitrogens with zero attached hydrogens (tertiary/aromatic N) is 8. The van der Waals surface area contributed by atoms with E-state index in [-0.39, 0.29) is 41.5 Å². The summed E-state index contributed by atoms with van der Waals surface area (Å²) < 4.78 is 23.7. The van der Waals surface area contributed by atoms with E-state index < -0.39 is 10.0 Å². The third-order valence-corrected chi connectivity index (χ3v) is 10.6. The highest BCUT2D eigenvalue weighted by Gasteiger charge is 2.28. The average molecular weight is 869 g/mol. The van der Waals surface area contributed by atoms with E-state index in [2.05, 4.69) is 101 Å². The molecule has 342 valence electrons. The predicted molar refractivity (Wildman–Crippen MR) is 245 cm³/mol. The van der Waals surface area contributed by atoms with E-state index in [4.69, 9.17) is 0 Å². The number of sulfonamides is 1. The van der Waals surface area contributed by atoms with E-state index in [9.17, 15) is 27.6 Å². The Morgan fingerprint density at radius 2 is 0.951 bits per heavy atom. The lowest BCUT2D eigenvalue weighted by atomic mass is 9.98. The van der Waals surface area contributed by atoms with Crippen LogP contribution in [0, 0.1) is 70.5 Å². The summed E-state index contributed by atoms with van der Waals surface area (Å²) in [5.41, 5.74) is 0.0845. The minimum atomic E-state index is -3.27. The van der Waals surface area contributed by atoms with Crippen LogP contribution in [0.4, 0.5) is 0 Å². The lowest BCUT2D eigenvalue weighted by Gasteiger charge is -2.33. The zero-order chi connectivity index (χ0) is 46.3. The van der Waals surface area contributed by atoms with Crippen LogP contribution in [0.2, 0.25) is 0 Å². The van der Waals surface area contributed by atoms with Gasteiger partial charge in [-0.15, -0.1) is 0 Å². The number of hydrogen-bond acceptors (Lipinski definition) is 9. The van der Waals surface area contributed by atoms with E-state index in [0.29, 0.717) is 57.6 Å².